The molecule has 0 bridgehead atoms. The molecular formula is C31H26N2OS. The van der Waals surface area contributed by atoms with Crippen molar-refractivity contribution >= 4 is 66.8 Å². The Kier molecular flexibility index (Phi) is 5.01. The summed E-state index contributed by atoms with van der Waals surface area (Å²) >= 11 is 1.71. The van der Waals surface area contributed by atoms with Crippen molar-refractivity contribution in [2.75, 3.05) is 12.0 Å². The van der Waals surface area contributed by atoms with Gasteiger partial charge in [-0.1, -0.05) is 55.1 Å². The van der Waals surface area contributed by atoms with E-state index in [-0.39, 0.29) is 0 Å². The maximum atomic E-state index is 6.60. The van der Waals surface area contributed by atoms with Gasteiger partial charge in [0.1, 0.15) is 11.2 Å². The number of para-hydroxylation sites is 1. The van der Waals surface area contributed by atoms with Gasteiger partial charge in [-0.25, -0.2) is 0 Å². The number of aryl methyl sites for hydroxylation is 1. The molecule has 0 unspecified atom stereocenters. The van der Waals surface area contributed by atoms with Gasteiger partial charge in [0.25, 0.3) is 0 Å². The molecule has 2 N–H and O–H groups in total. The Morgan fingerprint density at radius 2 is 1.69 bits per heavy atom. The number of allylic oxidation sites excluding steroid dienone is 3. The minimum Gasteiger partial charge on any atom is -0.456 e. The quantitative estimate of drug-likeness (QED) is 0.158. The summed E-state index contributed by atoms with van der Waals surface area (Å²) in [6.45, 7) is 6.40. The number of hydrogen-bond donors (Lipinski definition) is 1. The predicted octanol–water partition coefficient (Wildman–Crippen LogP) is 8.79. The highest BCUT2D eigenvalue weighted by atomic mass is 32.2. The highest BCUT2D eigenvalue weighted by Crippen LogP contribution is 2.43. The fraction of sp³-hybridized carbons (Fsp3) is 0.0968. The summed E-state index contributed by atoms with van der Waals surface area (Å²) in [5.74, 6) is 0. The number of aromatic nitrogens is 1. The van der Waals surface area contributed by atoms with Crippen molar-refractivity contribution < 1.29 is 4.42 Å². The first-order chi connectivity index (χ1) is 17.0. The van der Waals surface area contributed by atoms with Crippen LogP contribution in [0.2, 0.25) is 0 Å². The Morgan fingerprint density at radius 1 is 0.943 bits per heavy atom. The molecule has 0 saturated heterocycles. The van der Waals surface area contributed by atoms with Crippen LogP contribution < -0.4 is 5.73 Å². The molecule has 0 aliphatic rings. The number of anilines is 1. The lowest BCUT2D eigenvalue weighted by atomic mass is 9.97. The van der Waals surface area contributed by atoms with Crippen LogP contribution in [-0.2, 0) is 7.05 Å². The van der Waals surface area contributed by atoms with Crippen LogP contribution in [0, 0.1) is 0 Å². The number of hydrogen-bond acceptors (Lipinski definition) is 3. The van der Waals surface area contributed by atoms with E-state index < -0.39 is 0 Å². The number of nitrogen functional groups attached to an aromatic ring is 1. The van der Waals surface area contributed by atoms with Crippen molar-refractivity contribution in [3.05, 3.63) is 91.0 Å². The van der Waals surface area contributed by atoms with E-state index in [0.717, 1.165) is 71.2 Å². The minimum atomic E-state index is 0.785. The number of fused-ring (bicyclic) bond motifs is 6. The van der Waals surface area contributed by atoms with Crippen molar-refractivity contribution in [3.8, 4) is 11.1 Å². The summed E-state index contributed by atoms with van der Waals surface area (Å²) < 4.78 is 8.24. The van der Waals surface area contributed by atoms with Crippen molar-refractivity contribution in [3.63, 3.8) is 0 Å². The summed E-state index contributed by atoms with van der Waals surface area (Å²) in [5.41, 5.74) is 15.9. The van der Waals surface area contributed by atoms with Gasteiger partial charge in [-0.05, 0) is 60.2 Å². The normalized spacial score (nSPS) is 12.1. The standard InChI is InChI=1S/C31H26N2OS/c1-5-8-18(2)29-28(35-4)17-24(32)31-30(29)22-13-11-20(16-25(22)33(31)3)19-12-14-27-23(15-19)21-9-6-7-10-26(21)34-27/h5-17H,2,32H2,1,3-4H3/b8-5-. The first-order valence-electron chi connectivity index (χ1n) is 11.6. The highest BCUT2D eigenvalue weighted by molar-refractivity contribution is 7.98. The number of furan rings is 1. The Morgan fingerprint density at radius 3 is 2.49 bits per heavy atom. The van der Waals surface area contributed by atoms with Crippen molar-refractivity contribution in [1.82, 2.24) is 4.57 Å². The van der Waals surface area contributed by atoms with E-state index in [1.807, 2.05) is 25.1 Å². The Balaban J connectivity index is 1.62. The zero-order chi connectivity index (χ0) is 24.3. The molecule has 6 aromatic rings. The maximum absolute atomic E-state index is 6.60. The average molecular weight is 475 g/mol. The second kappa shape index (κ2) is 8.10. The molecule has 0 saturated carbocycles. The van der Waals surface area contributed by atoms with Gasteiger partial charge in [0.05, 0.1) is 11.2 Å². The van der Waals surface area contributed by atoms with Crippen LogP contribution in [0.25, 0.3) is 60.4 Å². The van der Waals surface area contributed by atoms with Crippen LogP contribution in [0.3, 0.4) is 0 Å². The zero-order valence-electron chi connectivity index (χ0n) is 20.1. The van der Waals surface area contributed by atoms with Crippen molar-refractivity contribution in [2.24, 2.45) is 7.05 Å². The third-order valence-electron chi connectivity index (χ3n) is 6.88. The van der Waals surface area contributed by atoms with Crippen LogP contribution in [0.1, 0.15) is 12.5 Å². The van der Waals surface area contributed by atoms with E-state index in [4.69, 9.17) is 10.2 Å². The average Bonchev–Trinajstić information content (AvgIpc) is 3.39. The molecule has 0 fully saturated rings. The van der Waals surface area contributed by atoms with Gasteiger partial charge in [0.15, 0.2) is 0 Å². The fourth-order valence-electron chi connectivity index (χ4n) is 5.28. The molecule has 0 amide bonds. The Labute approximate surface area is 208 Å². The van der Waals surface area contributed by atoms with Crippen LogP contribution in [-0.4, -0.2) is 10.8 Å². The molecule has 0 aliphatic carbocycles. The lowest BCUT2D eigenvalue weighted by Gasteiger charge is -2.13. The molecule has 0 aliphatic heterocycles. The van der Waals surface area contributed by atoms with E-state index in [2.05, 4.69) is 85.1 Å². The molecule has 0 atom stereocenters. The van der Waals surface area contributed by atoms with E-state index in [1.54, 1.807) is 11.8 Å². The highest BCUT2D eigenvalue weighted by Gasteiger charge is 2.20. The number of rotatable bonds is 4. The van der Waals surface area contributed by atoms with E-state index in [1.165, 1.54) is 5.39 Å². The van der Waals surface area contributed by atoms with Crippen molar-refractivity contribution in [2.45, 2.75) is 11.8 Å². The van der Waals surface area contributed by atoms with Gasteiger partial charge < -0.3 is 14.7 Å². The maximum Gasteiger partial charge on any atom is 0.135 e. The van der Waals surface area contributed by atoms with Gasteiger partial charge in [0, 0.05) is 44.6 Å². The first-order valence-corrected chi connectivity index (χ1v) is 12.9. The summed E-state index contributed by atoms with van der Waals surface area (Å²) in [5, 5.41) is 4.62. The molecule has 6 rings (SSSR count). The third-order valence-corrected chi connectivity index (χ3v) is 7.64. The lowest BCUT2D eigenvalue weighted by molar-refractivity contribution is 0.669. The van der Waals surface area contributed by atoms with Gasteiger partial charge in [-0.3, -0.25) is 0 Å². The number of nitrogens with zero attached hydrogens (tertiary/aromatic N) is 1. The summed E-state index contributed by atoms with van der Waals surface area (Å²) in [6, 6.07) is 23.4. The lowest BCUT2D eigenvalue weighted by Crippen LogP contribution is -1.96. The molecule has 2 heterocycles. The van der Waals surface area contributed by atoms with Crippen molar-refractivity contribution in [1.29, 1.82) is 0 Å². The molecule has 4 aromatic carbocycles. The number of nitrogens with two attached hydrogens (primary N) is 1. The predicted molar refractivity (Wildman–Crippen MR) is 153 cm³/mol. The summed E-state index contributed by atoms with van der Waals surface area (Å²) in [6.07, 6.45) is 6.20. The first kappa shape index (κ1) is 21.6. The topological polar surface area (TPSA) is 44.1 Å². The third kappa shape index (κ3) is 3.21. The van der Waals surface area contributed by atoms with Gasteiger partial charge in [-0.15, -0.1) is 11.8 Å². The minimum absolute atomic E-state index is 0.785. The van der Waals surface area contributed by atoms with E-state index >= 15 is 0 Å². The Hall–Kier alpha value is -3.89. The smallest absolute Gasteiger partial charge is 0.135 e. The molecule has 0 spiro atoms. The molecular weight excluding hydrogens is 448 g/mol. The van der Waals surface area contributed by atoms with Gasteiger partial charge in [-0.2, -0.15) is 0 Å². The summed E-state index contributed by atoms with van der Waals surface area (Å²) in [4.78, 5) is 1.15. The fourth-order valence-corrected chi connectivity index (χ4v) is 5.96. The van der Waals surface area contributed by atoms with Gasteiger partial charge >= 0.3 is 0 Å². The molecule has 172 valence electrons. The Bertz CT molecular complexity index is 1830. The second-order valence-corrected chi connectivity index (χ2v) is 9.74. The molecule has 35 heavy (non-hydrogen) atoms. The van der Waals surface area contributed by atoms with Crippen LogP contribution in [0.4, 0.5) is 5.69 Å². The second-order valence-electron chi connectivity index (χ2n) is 8.89. The van der Waals surface area contributed by atoms with Crippen LogP contribution in [0.15, 0.2) is 94.8 Å². The summed E-state index contributed by atoms with van der Waals surface area (Å²) in [7, 11) is 2.10. The molecule has 3 nitrogen and oxygen atoms in total. The van der Waals surface area contributed by atoms with E-state index in [0.29, 0.717) is 0 Å². The number of benzene rings is 4. The largest absolute Gasteiger partial charge is 0.456 e. The van der Waals surface area contributed by atoms with Crippen LogP contribution >= 0.6 is 11.8 Å². The molecule has 2 aromatic heterocycles. The number of thioether (sulfide) groups is 1. The SMILES string of the molecule is C=C(/C=C\C)c1c(SC)cc(N)c2c1c1ccc(-c3ccc4oc5ccccc5c4c3)cc1n2C. The zero-order valence-corrected chi connectivity index (χ0v) is 20.9. The molecule has 4 heteroatoms. The molecule has 0 radical (unpaired) electrons. The van der Waals surface area contributed by atoms with Gasteiger partial charge in [0.2, 0.25) is 0 Å². The van der Waals surface area contributed by atoms with E-state index in [9.17, 15) is 0 Å². The monoisotopic (exact) mass is 474 g/mol. The van der Waals surface area contributed by atoms with Crippen LogP contribution in [0.5, 0.6) is 0 Å².